The topological polar surface area (TPSA) is 49.7 Å². The number of aliphatic hydroxyl groups is 2. The Morgan fingerprint density at radius 1 is 1.38 bits per heavy atom. The van der Waals surface area contributed by atoms with E-state index in [2.05, 4.69) is 0 Å². The second-order valence-corrected chi connectivity index (χ2v) is 4.47. The van der Waals surface area contributed by atoms with Crippen LogP contribution < -0.4 is 0 Å². The number of rotatable bonds is 2. The third-order valence-corrected chi connectivity index (χ3v) is 3.13. The molecule has 5 heteroatoms. The summed E-state index contributed by atoms with van der Waals surface area (Å²) in [5.41, 5.74) is -0.654. The smallest absolute Gasteiger partial charge is 0.164 e. The van der Waals surface area contributed by atoms with E-state index in [1.807, 2.05) is 6.92 Å². The van der Waals surface area contributed by atoms with E-state index in [1.165, 1.54) is 11.8 Å². The van der Waals surface area contributed by atoms with Crippen LogP contribution in [-0.4, -0.2) is 45.9 Å². The predicted octanol–water partition coefficient (Wildman–Crippen LogP) is 0.544. The van der Waals surface area contributed by atoms with E-state index in [4.69, 9.17) is 4.74 Å². The van der Waals surface area contributed by atoms with Crippen LogP contribution in [0.1, 0.15) is 13.8 Å². The molecule has 0 amide bonds. The fourth-order valence-corrected chi connectivity index (χ4v) is 2.22. The highest BCUT2D eigenvalue weighted by Gasteiger charge is 2.42. The van der Waals surface area contributed by atoms with Crippen molar-refractivity contribution in [3.8, 4) is 0 Å². The fraction of sp³-hybridized carbons (Fsp3) is 1.00. The Labute approximate surface area is 81.3 Å². The molecule has 0 aromatic heterocycles. The molecule has 3 nitrogen and oxygen atoms in total. The van der Waals surface area contributed by atoms with Crippen molar-refractivity contribution in [2.75, 3.05) is 5.75 Å². The lowest BCUT2D eigenvalue weighted by molar-refractivity contribution is -0.173. The van der Waals surface area contributed by atoms with Gasteiger partial charge in [0.25, 0.3) is 0 Å². The van der Waals surface area contributed by atoms with Crippen LogP contribution >= 0.6 is 11.8 Å². The number of ether oxygens (including phenoxy) is 1. The first kappa shape index (κ1) is 11.2. The van der Waals surface area contributed by atoms with Crippen LogP contribution in [0.15, 0.2) is 0 Å². The molecule has 1 rings (SSSR count). The summed E-state index contributed by atoms with van der Waals surface area (Å²) in [4.78, 5) is 0. The van der Waals surface area contributed by atoms with Crippen molar-refractivity contribution in [1.29, 1.82) is 0 Å². The van der Waals surface area contributed by atoms with Gasteiger partial charge in [-0.3, -0.25) is 0 Å². The summed E-state index contributed by atoms with van der Waals surface area (Å²) in [6.45, 7) is 3.52. The third kappa shape index (κ3) is 2.34. The van der Waals surface area contributed by atoms with Crippen LogP contribution in [-0.2, 0) is 4.74 Å². The van der Waals surface area contributed by atoms with Crippen LogP contribution in [0.5, 0.6) is 0 Å². The molecule has 0 bridgehead atoms. The van der Waals surface area contributed by atoms with Gasteiger partial charge in [0.2, 0.25) is 0 Å². The Hall–Kier alpha value is 0.160. The lowest BCUT2D eigenvalue weighted by Crippen LogP contribution is -2.53. The number of alkyl halides is 1. The minimum atomic E-state index is -1.50. The van der Waals surface area contributed by atoms with Crippen molar-refractivity contribution in [2.24, 2.45) is 0 Å². The van der Waals surface area contributed by atoms with E-state index in [-0.39, 0.29) is 0 Å². The molecule has 1 saturated heterocycles. The van der Waals surface area contributed by atoms with Crippen molar-refractivity contribution < 1.29 is 19.3 Å². The molecule has 5 atom stereocenters. The van der Waals surface area contributed by atoms with E-state index in [0.717, 1.165) is 5.75 Å². The van der Waals surface area contributed by atoms with Crippen LogP contribution in [0.3, 0.4) is 0 Å². The molecule has 1 heterocycles. The molecular formula is C8H15FO3S. The molecule has 0 saturated carbocycles. The average molecular weight is 210 g/mol. The Bertz CT molecular complexity index is 169. The minimum Gasteiger partial charge on any atom is -0.388 e. The van der Waals surface area contributed by atoms with Gasteiger partial charge >= 0.3 is 0 Å². The first-order valence-electron chi connectivity index (χ1n) is 4.35. The second-order valence-electron chi connectivity index (χ2n) is 3.09. The maximum Gasteiger partial charge on any atom is 0.164 e. The monoisotopic (exact) mass is 210 g/mol. The van der Waals surface area contributed by atoms with Gasteiger partial charge in [-0.15, -0.1) is 11.8 Å². The first-order chi connectivity index (χ1) is 6.07. The molecule has 5 unspecified atom stereocenters. The van der Waals surface area contributed by atoms with Crippen molar-refractivity contribution in [3.63, 3.8) is 0 Å². The van der Waals surface area contributed by atoms with Crippen molar-refractivity contribution >= 4 is 11.8 Å². The molecule has 1 aliphatic heterocycles. The van der Waals surface area contributed by atoms with Gasteiger partial charge in [0, 0.05) is 0 Å². The van der Waals surface area contributed by atoms with Crippen molar-refractivity contribution in [1.82, 2.24) is 0 Å². The van der Waals surface area contributed by atoms with E-state index in [0.29, 0.717) is 0 Å². The summed E-state index contributed by atoms with van der Waals surface area (Å²) in [5.74, 6) is 0.723. The summed E-state index contributed by atoms with van der Waals surface area (Å²) in [6.07, 6.45) is -4.46. The SMILES string of the molecule is CCSC1OC(C)C(O)C(O)C1F. The zero-order chi connectivity index (χ0) is 10.0. The third-order valence-electron chi connectivity index (χ3n) is 2.10. The summed E-state index contributed by atoms with van der Waals surface area (Å²) in [5, 5.41) is 18.6. The summed E-state index contributed by atoms with van der Waals surface area (Å²) in [7, 11) is 0. The zero-order valence-electron chi connectivity index (χ0n) is 7.68. The Balaban J connectivity index is 2.59. The van der Waals surface area contributed by atoms with Gasteiger partial charge in [-0.05, 0) is 12.7 Å². The highest BCUT2D eigenvalue weighted by atomic mass is 32.2. The molecule has 0 spiro atoms. The van der Waals surface area contributed by atoms with Crippen LogP contribution in [0.2, 0.25) is 0 Å². The quantitative estimate of drug-likeness (QED) is 0.698. The zero-order valence-corrected chi connectivity index (χ0v) is 8.50. The Morgan fingerprint density at radius 3 is 2.54 bits per heavy atom. The first-order valence-corrected chi connectivity index (χ1v) is 5.40. The van der Waals surface area contributed by atoms with Gasteiger partial charge in [-0.25, -0.2) is 4.39 Å². The second kappa shape index (κ2) is 4.59. The number of halogens is 1. The lowest BCUT2D eigenvalue weighted by atomic mass is 10.0. The Kier molecular flexibility index (Phi) is 3.97. The summed E-state index contributed by atoms with van der Waals surface area (Å²) in [6, 6.07) is 0. The highest BCUT2D eigenvalue weighted by molar-refractivity contribution is 7.99. The van der Waals surface area contributed by atoms with E-state index in [1.54, 1.807) is 6.92 Å². The van der Waals surface area contributed by atoms with Gasteiger partial charge in [-0.2, -0.15) is 0 Å². The number of thioether (sulfide) groups is 1. The maximum atomic E-state index is 13.3. The molecule has 2 N–H and O–H groups in total. The van der Waals surface area contributed by atoms with Crippen LogP contribution in [0, 0.1) is 0 Å². The Morgan fingerprint density at radius 2 is 2.00 bits per heavy atom. The summed E-state index contributed by atoms with van der Waals surface area (Å²) < 4.78 is 18.5. The maximum absolute atomic E-state index is 13.3. The molecule has 0 aliphatic carbocycles. The van der Waals surface area contributed by atoms with Gasteiger partial charge in [0.15, 0.2) is 6.17 Å². The highest BCUT2D eigenvalue weighted by Crippen LogP contribution is 2.29. The molecule has 1 fully saturated rings. The van der Waals surface area contributed by atoms with Gasteiger partial charge in [-0.1, -0.05) is 6.92 Å². The molecule has 0 radical (unpaired) electrons. The van der Waals surface area contributed by atoms with Crippen molar-refractivity contribution in [2.45, 2.75) is 43.8 Å². The van der Waals surface area contributed by atoms with Crippen LogP contribution in [0.25, 0.3) is 0 Å². The van der Waals surface area contributed by atoms with E-state index >= 15 is 0 Å². The molecule has 0 aromatic carbocycles. The minimum absolute atomic E-state index is 0.508. The molecule has 0 aromatic rings. The van der Waals surface area contributed by atoms with Gasteiger partial charge < -0.3 is 14.9 Å². The molecule has 78 valence electrons. The molecule has 13 heavy (non-hydrogen) atoms. The lowest BCUT2D eigenvalue weighted by Gasteiger charge is -2.37. The number of hydrogen-bond acceptors (Lipinski definition) is 4. The predicted molar refractivity (Wildman–Crippen MR) is 49.4 cm³/mol. The van der Waals surface area contributed by atoms with E-state index < -0.39 is 29.9 Å². The average Bonchev–Trinajstić information content (AvgIpc) is 2.11. The number of aliphatic hydroxyl groups excluding tert-OH is 2. The van der Waals surface area contributed by atoms with Crippen LogP contribution in [0.4, 0.5) is 4.39 Å². The van der Waals surface area contributed by atoms with Gasteiger partial charge in [0.1, 0.15) is 17.6 Å². The van der Waals surface area contributed by atoms with Crippen molar-refractivity contribution in [3.05, 3.63) is 0 Å². The normalized spacial score (nSPS) is 46.4. The molecule has 1 aliphatic rings. The summed E-state index contributed by atoms with van der Waals surface area (Å²) >= 11 is 1.30. The number of hydrogen-bond donors (Lipinski definition) is 2. The molecular weight excluding hydrogens is 195 g/mol. The standard InChI is InChI=1S/C8H15FO3S/c1-3-13-8-5(9)7(11)6(10)4(2)12-8/h4-8,10-11H,3H2,1-2H3. The largest absolute Gasteiger partial charge is 0.388 e. The van der Waals surface area contributed by atoms with E-state index in [9.17, 15) is 14.6 Å². The van der Waals surface area contributed by atoms with Gasteiger partial charge in [0.05, 0.1) is 6.10 Å². The fourth-order valence-electron chi connectivity index (χ4n) is 1.29.